The van der Waals surface area contributed by atoms with Crippen LogP contribution in [-0.4, -0.2) is 35.6 Å². The van der Waals surface area contributed by atoms with Crippen molar-refractivity contribution < 1.29 is 9.94 Å². The Labute approximate surface area is 160 Å². The Balaban J connectivity index is 1.12. The third-order valence-electron chi connectivity index (χ3n) is 7.07. The highest BCUT2D eigenvalue weighted by Crippen LogP contribution is 2.55. The average molecular weight is 375 g/mol. The highest BCUT2D eigenvalue weighted by molar-refractivity contribution is 7.10. The number of hydrogen-bond acceptors (Lipinski definition) is 5. The molecule has 0 aromatic carbocycles. The van der Waals surface area contributed by atoms with Gasteiger partial charge in [0.15, 0.2) is 0 Å². The first-order chi connectivity index (χ1) is 12.7. The highest BCUT2D eigenvalue weighted by atomic mass is 32.1. The molecular weight excluding hydrogens is 344 g/mol. The largest absolute Gasteiger partial charge is 0.393 e. The summed E-state index contributed by atoms with van der Waals surface area (Å²) in [5, 5.41) is 20.6. The molecule has 4 bridgehead atoms. The number of fused-ring (bicyclic) bond motifs is 1. The van der Waals surface area contributed by atoms with E-state index in [-0.39, 0.29) is 6.61 Å². The summed E-state index contributed by atoms with van der Waals surface area (Å²) < 4.78 is 0. The van der Waals surface area contributed by atoms with E-state index < -0.39 is 6.10 Å². The Morgan fingerprint density at radius 3 is 2.65 bits per heavy atom. The van der Waals surface area contributed by atoms with Crippen LogP contribution in [0.25, 0.3) is 0 Å². The molecule has 26 heavy (non-hydrogen) atoms. The number of aliphatic hydroxyl groups is 1. The van der Waals surface area contributed by atoms with E-state index in [1.54, 1.807) is 0 Å². The third kappa shape index (κ3) is 3.34. The molecule has 2 N–H and O–H groups in total. The van der Waals surface area contributed by atoms with Gasteiger partial charge in [-0.3, -0.25) is 0 Å². The molecule has 6 rings (SSSR count). The molecule has 0 aliphatic heterocycles. The minimum Gasteiger partial charge on any atom is -0.393 e. The quantitative estimate of drug-likeness (QED) is 0.746. The molecule has 0 saturated heterocycles. The van der Waals surface area contributed by atoms with Crippen LogP contribution in [0.2, 0.25) is 0 Å². The van der Waals surface area contributed by atoms with E-state index in [0.717, 1.165) is 42.7 Å². The van der Waals surface area contributed by atoms with Gasteiger partial charge in [-0.15, -0.1) is 11.3 Å². The zero-order valence-corrected chi connectivity index (χ0v) is 16.3. The van der Waals surface area contributed by atoms with Crippen molar-refractivity contribution in [1.82, 2.24) is 5.32 Å². The lowest BCUT2D eigenvalue weighted by molar-refractivity contribution is -0.0306. The van der Waals surface area contributed by atoms with Gasteiger partial charge in [0.25, 0.3) is 0 Å². The normalized spacial score (nSPS) is 37.7. The molecule has 1 unspecified atom stereocenters. The molecule has 5 heteroatoms. The van der Waals surface area contributed by atoms with E-state index in [9.17, 15) is 5.11 Å². The summed E-state index contributed by atoms with van der Waals surface area (Å²) in [6.07, 6.45) is 11.1. The first-order valence-electron chi connectivity index (χ1n) is 10.4. The minimum absolute atomic E-state index is 0.280. The Morgan fingerprint density at radius 1 is 1.19 bits per heavy atom. The monoisotopic (exact) mass is 374 g/mol. The SMILES string of the molecule is OC(CNC12CC3CC(CC(C3)C1)C2)CON=C1CCCc2sccc21. The summed E-state index contributed by atoms with van der Waals surface area (Å²) in [5.41, 5.74) is 2.60. The van der Waals surface area contributed by atoms with Gasteiger partial charge >= 0.3 is 0 Å². The van der Waals surface area contributed by atoms with Gasteiger partial charge in [-0.25, -0.2) is 0 Å². The molecule has 0 radical (unpaired) electrons. The minimum atomic E-state index is -0.488. The van der Waals surface area contributed by atoms with Gasteiger partial charge in [-0.05, 0) is 87.0 Å². The van der Waals surface area contributed by atoms with Crippen LogP contribution in [-0.2, 0) is 11.3 Å². The average Bonchev–Trinajstić information content (AvgIpc) is 3.09. The number of β-amino-alcohol motifs (C(OH)–C–C–N with tert-alkyl or cyclic N) is 1. The number of oxime groups is 1. The van der Waals surface area contributed by atoms with E-state index in [2.05, 4.69) is 21.9 Å². The van der Waals surface area contributed by atoms with E-state index in [4.69, 9.17) is 4.84 Å². The van der Waals surface area contributed by atoms with Crippen molar-refractivity contribution in [2.75, 3.05) is 13.2 Å². The van der Waals surface area contributed by atoms with Crippen LogP contribution < -0.4 is 5.32 Å². The number of nitrogens with zero attached hydrogens (tertiary/aromatic N) is 1. The van der Waals surface area contributed by atoms with Crippen molar-refractivity contribution in [2.24, 2.45) is 22.9 Å². The molecule has 1 aromatic rings. The Hall–Kier alpha value is -0.910. The molecule has 1 heterocycles. The Bertz CT molecular complexity index is 648. The highest BCUT2D eigenvalue weighted by Gasteiger charge is 2.50. The second-order valence-electron chi connectivity index (χ2n) is 9.18. The van der Waals surface area contributed by atoms with E-state index in [0.29, 0.717) is 12.1 Å². The maximum absolute atomic E-state index is 10.4. The van der Waals surface area contributed by atoms with Crippen molar-refractivity contribution in [1.29, 1.82) is 0 Å². The van der Waals surface area contributed by atoms with Gasteiger partial charge in [0, 0.05) is 22.5 Å². The lowest BCUT2D eigenvalue weighted by atomic mass is 9.53. The smallest absolute Gasteiger partial charge is 0.144 e. The van der Waals surface area contributed by atoms with Crippen molar-refractivity contribution in [3.63, 3.8) is 0 Å². The van der Waals surface area contributed by atoms with E-state index in [1.807, 2.05) is 11.3 Å². The number of thiophene rings is 1. The van der Waals surface area contributed by atoms with Crippen molar-refractivity contribution in [3.05, 3.63) is 21.9 Å². The van der Waals surface area contributed by atoms with Crippen LogP contribution in [0.15, 0.2) is 16.6 Å². The van der Waals surface area contributed by atoms with Gasteiger partial charge < -0.3 is 15.3 Å². The first kappa shape index (κ1) is 17.2. The lowest BCUT2D eigenvalue weighted by Gasteiger charge is -2.57. The van der Waals surface area contributed by atoms with Gasteiger partial charge in [0.1, 0.15) is 12.7 Å². The predicted molar refractivity (Wildman–Crippen MR) is 105 cm³/mol. The van der Waals surface area contributed by atoms with Gasteiger partial charge in [-0.1, -0.05) is 5.16 Å². The van der Waals surface area contributed by atoms with Gasteiger partial charge in [0.2, 0.25) is 0 Å². The third-order valence-corrected chi connectivity index (χ3v) is 8.05. The second-order valence-corrected chi connectivity index (χ2v) is 10.2. The number of aryl methyl sites for hydroxylation is 1. The molecule has 5 aliphatic rings. The maximum atomic E-state index is 10.4. The van der Waals surface area contributed by atoms with Crippen molar-refractivity contribution in [2.45, 2.75) is 69.4 Å². The summed E-state index contributed by atoms with van der Waals surface area (Å²) in [6, 6.07) is 2.15. The summed E-state index contributed by atoms with van der Waals surface area (Å²) in [5.74, 6) is 2.79. The molecule has 1 atom stereocenters. The maximum Gasteiger partial charge on any atom is 0.144 e. The van der Waals surface area contributed by atoms with Gasteiger partial charge in [0.05, 0.1) is 5.71 Å². The zero-order valence-electron chi connectivity index (χ0n) is 15.5. The lowest BCUT2D eigenvalue weighted by Crippen LogP contribution is -2.59. The van der Waals surface area contributed by atoms with Crippen LogP contribution in [0.1, 0.15) is 61.8 Å². The van der Waals surface area contributed by atoms with Crippen molar-refractivity contribution >= 4 is 17.0 Å². The summed E-state index contributed by atoms with van der Waals surface area (Å²) in [4.78, 5) is 6.95. The first-order valence-corrected chi connectivity index (χ1v) is 11.3. The Kier molecular flexibility index (Phi) is 4.58. The summed E-state index contributed by atoms with van der Waals surface area (Å²) in [6.45, 7) is 0.906. The van der Waals surface area contributed by atoms with Crippen LogP contribution in [0.4, 0.5) is 0 Å². The van der Waals surface area contributed by atoms with Gasteiger partial charge in [-0.2, -0.15) is 0 Å². The fourth-order valence-electron chi connectivity index (χ4n) is 6.36. The molecule has 1 aromatic heterocycles. The van der Waals surface area contributed by atoms with Crippen LogP contribution in [0.5, 0.6) is 0 Å². The topological polar surface area (TPSA) is 53.8 Å². The number of rotatable bonds is 6. The zero-order chi connectivity index (χ0) is 17.6. The van der Waals surface area contributed by atoms with Crippen LogP contribution in [0.3, 0.4) is 0 Å². The molecular formula is C21H30N2O2S. The predicted octanol–water partition coefficient (Wildman–Crippen LogP) is 3.72. The van der Waals surface area contributed by atoms with E-state index >= 15 is 0 Å². The molecule has 4 nitrogen and oxygen atoms in total. The molecule has 0 spiro atoms. The number of nitrogens with one attached hydrogen (secondary N) is 1. The Morgan fingerprint density at radius 2 is 1.92 bits per heavy atom. The van der Waals surface area contributed by atoms with Crippen molar-refractivity contribution in [3.8, 4) is 0 Å². The molecule has 5 aliphatic carbocycles. The summed E-state index contributed by atoms with van der Waals surface area (Å²) in [7, 11) is 0. The summed E-state index contributed by atoms with van der Waals surface area (Å²) >= 11 is 1.81. The van der Waals surface area contributed by atoms with Crippen LogP contribution in [0, 0.1) is 17.8 Å². The second kappa shape index (κ2) is 6.92. The van der Waals surface area contributed by atoms with Crippen LogP contribution >= 0.6 is 11.3 Å². The fraction of sp³-hybridized carbons (Fsp3) is 0.762. The molecule has 0 amide bonds. The standard InChI is InChI=1S/C21H30N2O2S/c24-17(13-25-23-19-2-1-3-20-18(19)4-5-26-20)12-22-21-9-14-6-15(10-21)8-16(7-14)11-21/h4-5,14-17,22,24H,1-3,6-13H2. The van der Waals surface area contributed by atoms with E-state index in [1.165, 1.54) is 49.0 Å². The number of hydrogen-bond donors (Lipinski definition) is 2. The molecule has 4 saturated carbocycles. The molecule has 142 valence electrons. The fourth-order valence-corrected chi connectivity index (χ4v) is 7.30. The molecule has 4 fully saturated rings. The number of aliphatic hydroxyl groups excluding tert-OH is 1.